The van der Waals surface area contributed by atoms with Crippen molar-refractivity contribution in [1.29, 1.82) is 0 Å². The predicted octanol–water partition coefficient (Wildman–Crippen LogP) is 0.991. The number of hydrogen-bond donors (Lipinski definition) is 0. The molecular formula is C8H18O4S2Si2. The van der Waals surface area contributed by atoms with Gasteiger partial charge in [-0.15, -0.1) is 0 Å². The smallest absolute Gasteiger partial charge is 0.178 e. The number of sulfone groups is 2. The van der Waals surface area contributed by atoms with Crippen LogP contribution in [-0.2, 0) is 19.7 Å². The molecule has 2 bridgehead atoms. The highest BCUT2D eigenvalue weighted by molar-refractivity contribution is 8.29. The van der Waals surface area contributed by atoms with Gasteiger partial charge in [0.15, 0.2) is 28.1 Å². The second kappa shape index (κ2) is 3.01. The van der Waals surface area contributed by atoms with Gasteiger partial charge in [-0.05, 0) is 0 Å². The molecule has 0 radical (unpaired) electrons. The maximum atomic E-state index is 12.2. The van der Waals surface area contributed by atoms with E-state index in [0.717, 1.165) is 12.1 Å². The van der Waals surface area contributed by atoms with Crippen molar-refractivity contribution in [3.63, 3.8) is 0 Å². The zero-order valence-electron chi connectivity index (χ0n) is 10.0. The molecule has 94 valence electrons. The molecule has 3 fully saturated rings. The third-order valence-corrected chi connectivity index (χ3v) is 27.2. The van der Waals surface area contributed by atoms with Crippen LogP contribution < -0.4 is 0 Å². The van der Waals surface area contributed by atoms with Crippen LogP contribution in [0.5, 0.6) is 0 Å². The first-order valence-corrected chi connectivity index (χ1v) is 15.2. The molecule has 3 aliphatic heterocycles. The molecule has 0 aromatic heterocycles. The molecule has 0 atom stereocenters. The van der Waals surface area contributed by atoms with E-state index < -0.39 is 44.2 Å². The summed E-state index contributed by atoms with van der Waals surface area (Å²) in [6.07, 6.45) is 0. The van der Waals surface area contributed by atoms with E-state index in [-0.39, 0.29) is 0 Å². The molecular weight excluding hydrogens is 280 g/mol. The Balaban J connectivity index is 2.73. The number of fused-ring (bicyclic) bond motifs is 3. The summed E-state index contributed by atoms with van der Waals surface area (Å²) in [7, 11) is -11.1. The Morgan fingerprint density at radius 3 is 1.25 bits per heavy atom. The van der Waals surface area contributed by atoms with E-state index in [0.29, 0.717) is 0 Å². The van der Waals surface area contributed by atoms with Crippen LogP contribution in [-0.4, -0.2) is 41.4 Å². The Kier molecular flexibility index (Phi) is 2.41. The molecule has 0 aromatic rings. The standard InChI is InChI=1S/C8H18O4S2Si2/c1-15(2)5-6-16(3,4)8-13(9,10)7(15)14(8,11)12/h7-8H,5-6H2,1-4H3. The minimum absolute atomic E-state index is 0.839. The van der Waals surface area contributed by atoms with E-state index in [2.05, 4.69) is 0 Å². The summed E-state index contributed by atoms with van der Waals surface area (Å²) in [6.45, 7) is 7.61. The van der Waals surface area contributed by atoms with Crippen LogP contribution in [0.25, 0.3) is 0 Å². The van der Waals surface area contributed by atoms with Gasteiger partial charge in [-0.1, -0.05) is 38.3 Å². The Morgan fingerprint density at radius 1 is 0.750 bits per heavy atom. The summed E-state index contributed by atoms with van der Waals surface area (Å²) < 4.78 is 46.7. The van der Waals surface area contributed by atoms with Crippen LogP contribution in [0.3, 0.4) is 0 Å². The Labute approximate surface area is 99.3 Å². The predicted molar refractivity (Wildman–Crippen MR) is 70.0 cm³/mol. The zero-order valence-corrected chi connectivity index (χ0v) is 13.7. The molecule has 0 spiro atoms. The molecule has 0 saturated carbocycles. The van der Waals surface area contributed by atoms with Crippen LogP contribution in [0.4, 0.5) is 0 Å². The Hall–Kier alpha value is 0.334. The van der Waals surface area contributed by atoms with Crippen molar-refractivity contribution < 1.29 is 16.8 Å². The molecule has 3 aliphatic rings. The van der Waals surface area contributed by atoms with Crippen LogP contribution in [0.2, 0.25) is 38.3 Å². The van der Waals surface area contributed by atoms with Crippen LogP contribution in [0.1, 0.15) is 0 Å². The molecule has 3 rings (SSSR count). The van der Waals surface area contributed by atoms with Gasteiger partial charge in [0.2, 0.25) is 0 Å². The first kappa shape index (κ1) is 12.8. The molecule has 16 heavy (non-hydrogen) atoms. The highest BCUT2D eigenvalue weighted by atomic mass is 32.3. The van der Waals surface area contributed by atoms with Crippen LogP contribution in [0, 0.1) is 0 Å². The van der Waals surface area contributed by atoms with Gasteiger partial charge in [-0.3, -0.25) is 0 Å². The average Bonchev–Trinajstić information content (AvgIpc) is 2.04. The summed E-state index contributed by atoms with van der Waals surface area (Å²) in [5.41, 5.74) is 0. The van der Waals surface area contributed by atoms with Crippen molar-refractivity contribution in [2.45, 2.75) is 46.7 Å². The monoisotopic (exact) mass is 298 g/mol. The molecule has 3 heterocycles. The van der Waals surface area contributed by atoms with E-state index in [4.69, 9.17) is 0 Å². The molecule has 0 aliphatic carbocycles. The van der Waals surface area contributed by atoms with Gasteiger partial charge in [0.05, 0.1) is 16.1 Å². The van der Waals surface area contributed by atoms with Crippen molar-refractivity contribution in [3.05, 3.63) is 0 Å². The summed E-state index contributed by atoms with van der Waals surface area (Å²) in [4.78, 5) is 0. The molecule has 4 nitrogen and oxygen atoms in total. The third-order valence-electron chi connectivity index (χ3n) is 3.88. The topological polar surface area (TPSA) is 68.3 Å². The Morgan fingerprint density at radius 2 is 1.00 bits per heavy atom. The summed E-state index contributed by atoms with van der Waals surface area (Å²) in [6, 6.07) is 1.68. The van der Waals surface area contributed by atoms with E-state index in [1.54, 1.807) is 0 Å². The lowest BCUT2D eigenvalue weighted by Crippen LogP contribution is -2.69. The third kappa shape index (κ3) is 1.36. The minimum atomic E-state index is -3.39. The van der Waals surface area contributed by atoms with Gasteiger partial charge in [-0.25, -0.2) is 16.8 Å². The largest absolute Gasteiger partial charge is 0.227 e. The fraction of sp³-hybridized carbons (Fsp3) is 1.00. The lowest BCUT2D eigenvalue weighted by Gasteiger charge is -2.43. The number of rotatable bonds is 0. The van der Waals surface area contributed by atoms with Gasteiger partial charge in [0.1, 0.15) is 0 Å². The van der Waals surface area contributed by atoms with Crippen molar-refractivity contribution in [1.82, 2.24) is 0 Å². The highest BCUT2D eigenvalue weighted by Crippen LogP contribution is 2.50. The van der Waals surface area contributed by atoms with Crippen molar-refractivity contribution in [2.24, 2.45) is 0 Å². The van der Waals surface area contributed by atoms with E-state index in [1.807, 2.05) is 26.2 Å². The summed E-state index contributed by atoms with van der Waals surface area (Å²) in [5, 5.41) is 0. The van der Waals surface area contributed by atoms with Crippen molar-refractivity contribution >= 4 is 35.8 Å². The normalized spacial score (nSPS) is 41.8. The summed E-state index contributed by atoms with van der Waals surface area (Å²) >= 11 is 0. The van der Waals surface area contributed by atoms with Crippen molar-refractivity contribution in [3.8, 4) is 0 Å². The highest BCUT2D eigenvalue weighted by Gasteiger charge is 2.72. The lowest BCUT2D eigenvalue weighted by molar-refractivity contribution is 0.568. The van der Waals surface area contributed by atoms with Gasteiger partial charge in [0.25, 0.3) is 0 Å². The van der Waals surface area contributed by atoms with Crippen molar-refractivity contribution in [2.75, 3.05) is 0 Å². The molecule has 8 heteroatoms. The van der Waals surface area contributed by atoms with Gasteiger partial charge < -0.3 is 0 Å². The van der Waals surface area contributed by atoms with Gasteiger partial charge in [-0.2, -0.15) is 0 Å². The Bertz CT molecular complexity index is 462. The van der Waals surface area contributed by atoms with Gasteiger partial charge in [0, 0.05) is 0 Å². The molecule has 0 amide bonds. The molecule has 0 N–H and O–H groups in total. The SMILES string of the molecule is C[Si]1(C)CC[Si](C)(C)C2S(=O)(=O)C1S2(=O)=O. The molecule has 0 aromatic carbocycles. The average molecular weight is 299 g/mol. The quantitative estimate of drug-likeness (QED) is 0.625. The molecule has 3 saturated heterocycles. The first-order valence-electron chi connectivity index (χ1n) is 5.39. The van der Waals surface area contributed by atoms with E-state index in [1.165, 1.54) is 0 Å². The fourth-order valence-electron chi connectivity index (χ4n) is 3.20. The molecule has 0 unspecified atom stereocenters. The minimum Gasteiger partial charge on any atom is -0.227 e. The fourth-order valence-corrected chi connectivity index (χ4v) is 32.1. The van der Waals surface area contributed by atoms with Gasteiger partial charge >= 0.3 is 0 Å². The second-order valence-corrected chi connectivity index (χ2v) is 22.9. The van der Waals surface area contributed by atoms with E-state index in [9.17, 15) is 16.8 Å². The maximum absolute atomic E-state index is 12.2. The lowest BCUT2D eigenvalue weighted by atomic mass is 10.9. The van der Waals surface area contributed by atoms with E-state index >= 15 is 0 Å². The second-order valence-electron chi connectivity index (χ2n) is 6.32. The maximum Gasteiger partial charge on any atom is 0.178 e. The number of hydrogen-bond acceptors (Lipinski definition) is 4. The summed E-state index contributed by atoms with van der Waals surface area (Å²) in [5.74, 6) is 0. The van der Waals surface area contributed by atoms with Crippen LogP contribution >= 0.6 is 0 Å². The van der Waals surface area contributed by atoms with Crippen LogP contribution in [0.15, 0.2) is 0 Å². The zero-order chi connectivity index (χ0) is 12.6. The first-order chi connectivity index (χ1) is 6.94.